The lowest BCUT2D eigenvalue weighted by Gasteiger charge is -1.82. The molecule has 0 saturated carbocycles. The maximum absolute atomic E-state index is 10.3. The van der Waals surface area contributed by atoms with Crippen molar-refractivity contribution in [3.05, 3.63) is 40.0 Å². The Labute approximate surface area is 89.6 Å². The summed E-state index contributed by atoms with van der Waals surface area (Å²) in [5.74, 6) is 0.811. The van der Waals surface area contributed by atoms with E-state index in [4.69, 9.17) is 8.83 Å². The monoisotopic (exact) mass is 221 g/mol. The third-order valence-corrected chi connectivity index (χ3v) is 1.72. The van der Waals surface area contributed by atoms with E-state index in [0.717, 1.165) is 6.20 Å². The SMILES string of the molecule is Cc1ncc(/C=C/c2ncc([N+](=O)[O-])o2)o1. The van der Waals surface area contributed by atoms with Gasteiger partial charge in [0, 0.05) is 13.0 Å². The van der Waals surface area contributed by atoms with Crippen LogP contribution in [0, 0.1) is 17.0 Å². The van der Waals surface area contributed by atoms with Crippen LogP contribution in [0.15, 0.2) is 21.2 Å². The average Bonchev–Trinajstić information content (AvgIpc) is 2.83. The number of nitro groups is 1. The van der Waals surface area contributed by atoms with Crippen molar-refractivity contribution in [1.82, 2.24) is 9.97 Å². The highest BCUT2D eigenvalue weighted by Gasteiger charge is 2.11. The maximum Gasteiger partial charge on any atom is 0.453 e. The van der Waals surface area contributed by atoms with Gasteiger partial charge in [0.05, 0.1) is 6.20 Å². The van der Waals surface area contributed by atoms with Crippen molar-refractivity contribution < 1.29 is 13.8 Å². The Morgan fingerprint density at radius 1 is 1.31 bits per heavy atom. The van der Waals surface area contributed by atoms with Gasteiger partial charge in [0.25, 0.3) is 0 Å². The molecule has 82 valence electrons. The van der Waals surface area contributed by atoms with Gasteiger partial charge >= 0.3 is 5.88 Å². The second kappa shape index (κ2) is 3.97. The number of aryl methyl sites for hydroxylation is 1. The molecule has 2 aromatic rings. The highest BCUT2D eigenvalue weighted by molar-refractivity contribution is 5.62. The first-order valence-corrected chi connectivity index (χ1v) is 4.36. The summed E-state index contributed by atoms with van der Waals surface area (Å²) < 4.78 is 9.97. The van der Waals surface area contributed by atoms with Gasteiger partial charge in [0.2, 0.25) is 5.89 Å². The molecular formula is C9H7N3O4. The number of hydrogen-bond acceptors (Lipinski definition) is 6. The molecule has 0 aromatic carbocycles. The topological polar surface area (TPSA) is 95.2 Å². The van der Waals surface area contributed by atoms with Gasteiger partial charge in [-0.1, -0.05) is 0 Å². The van der Waals surface area contributed by atoms with Gasteiger partial charge in [-0.2, -0.15) is 0 Å². The Kier molecular flexibility index (Phi) is 2.50. The van der Waals surface area contributed by atoms with E-state index in [1.165, 1.54) is 12.3 Å². The van der Waals surface area contributed by atoms with Crippen molar-refractivity contribution in [3.8, 4) is 0 Å². The van der Waals surface area contributed by atoms with Crippen molar-refractivity contribution in [1.29, 1.82) is 0 Å². The van der Waals surface area contributed by atoms with Crippen molar-refractivity contribution in [3.63, 3.8) is 0 Å². The molecule has 0 bridgehead atoms. The van der Waals surface area contributed by atoms with Gasteiger partial charge < -0.3 is 8.83 Å². The molecule has 0 fully saturated rings. The molecule has 0 atom stereocenters. The third-order valence-electron chi connectivity index (χ3n) is 1.72. The molecule has 2 aromatic heterocycles. The lowest BCUT2D eigenvalue weighted by Crippen LogP contribution is -1.82. The van der Waals surface area contributed by atoms with Crippen LogP contribution in [0.1, 0.15) is 17.5 Å². The summed E-state index contributed by atoms with van der Waals surface area (Å²) in [6, 6.07) is 0. The van der Waals surface area contributed by atoms with Crippen LogP contribution < -0.4 is 0 Å². The van der Waals surface area contributed by atoms with Crippen LogP contribution in [0.4, 0.5) is 5.88 Å². The van der Waals surface area contributed by atoms with Crippen LogP contribution in [0.5, 0.6) is 0 Å². The predicted octanol–water partition coefficient (Wildman–Crippen LogP) is 2.05. The van der Waals surface area contributed by atoms with Crippen molar-refractivity contribution in [2.75, 3.05) is 0 Å². The fourth-order valence-electron chi connectivity index (χ4n) is 1.05. The summed E-state index contributed by atoms with van der Waals surface area (Å²) in [5, 5.41) is 10.3. The number of rotatable bonds is 3. The Morgan fingerprint density at radius 3 is 2.69 bits per heavy atom. The van der Waals surface area contributed by atoms with E-state index in [-0.39, 0.29) is 5.89 Å². The highest BCUT2D eigenvalue weighted by atomic mass is 16.6. The molecule has 0 amide bonds. The molecule has 2 rings (SSSR count). The van der Waals surface area contributed by atoms with Gasteiger partial charge in [-0.3, -0.25) is 10.1 Å². The first kappa shape index (κ1) is 10.1. The molecule has 0 aliphatic rings. The van der Waals surface area contributed by atoms with Crippen molar-refractivity contribution in [2.45, 2.75) is 6.92 Å². The van der Waals surface area contributed by atoms with E-state index in [9.17, 15) is 10.1 Å². The van der Waals surface area contributed by atoms with E-state index in [0.29, 0.717) is 11.7 Å². The summed E-state index contributed by atoms with van der Waals surface area (Å²) >= 11 is 0. The van der Waals surface area contributed by atoms with Gasteiger partial charge in [0.1, 0.15) is 16.9 Å². The van der Waals surface area contributed by atoms with Crippen molar-refractivity contribution >= 4 is 18.0 Å². The van der Waals surface area contributed by atoms with Gasteiger partial charge in [0.15, 0.2) is 5.89 Å². The molecule has 7 nitrogen and oxygen atoms in total. The summed E-state index contributed by atoms with van der Waals surface area (Å²) in [6.45, 7) is 1.72. The molecule has 2 heterocycles. The number of oxazole rings is 2. The normalized spacial score (nSPS) is 11.1. The molecule has 0 radical (unpaired) electrons. The lowest BCUT2D eigenvalue weighted by atomic mass is 10.4. The number of aromatic nitrogens is 2. The molecule has 7 heteroatoms. The molecule has 0 spiro atoms. The molecular weight excluding hydrogens is 214 g/mol. The quantitative estimate of drug-likeness (QED) is 0.581. The Hall–Kier alpha value is -2.44. The molecule has 16 heavy (non-hydrogen) atoms. The zero-order valence-corrected chi connectivity index (χ0v) is 8.28. The smallest absolute Gasteiger partial charge is 0.442 e. The van der Waals surface area contributed by atoms with E-state index in [1.807, 2.05) is 0 Å². The number of hydrogen-bond donors (Lipinski definition) is 0. The van der Waals surface area contributed by atoms with E-state index >= 15 is 0 Å². The van der Waals surface area contributed by atoms with E-state index in [1.54, 1.807) is 13.0 Å². The molecule has 0 saturated heterocycles. The summed E-state index contributed by atoms with van der Waals surface area (Å²) in [5.41, 5.74) is 0. The Morgan fingerprint density at radius 2 is 2.12 bits per heavy atom. The minimum atomic E-state index is -0.650. The van der Waals surface area contributed by atoms with E-state index in [2.05, 4.69) is 9.97 Å². The average molecular weight is 221 g/mol. The Balaban J connectivity index is 2.14. The largest absolute Gasteiger partial charge is 0.453 e. The second-order valence-electron chi connectivity index (χ2n) is 2.91. The zero-order valence-electron chi connectivity index (χ0n) is 8.28. The number of nitrogens with zero attached hydrogens (tertiary/aromatic N) is 3. The fraction of sp³-hybridized carbons (Fsp3) is 0.111. The predicted molar refractivity (Wildman–Crippen MR) is 53.3 cm³/mol. The lowest BCUT2D eigenvalue weighted by molar-refractivity contribution is -0.402. The van der Waals surface area contributed by atoms with Crippen molar-refractivity contribution in [2.24, 2.45) is 0 Å². The second-order valence-corrected chi connectivity index (χ2v) is 2.91. The zero-order chi connectivity index (χ0) is 11.5. The molecule has 0 N–H and O–H groups in total. The first-order valence-electron chi connectivity index (χ1n) is 4.36. The summed E-state index contributed by atoms with van der Waals surface area (Å²) in [6.07, 6.45) is 5.61. The van der Waals surface area contributed by atoms with Gasteiger partial charge in [-0.15, -0.1) is 0 Å². The van der Waals surface area contributed by atoms with Gasteiger partial charge in [-0.25, -0.2) is 9.97 Å². The Bertz CT molecular complexity index is 540. The van der Waals surface area contributed by atoms with Crippen LogP contribution in [0.3, 0.4) is 0 Å². The summed E-state index contributed by atoms with van der Waals surface area (Å²) in [7, 11) is 0. The minimum absolute atomic E-state index is 0.140. The van der Waals surface area contributed by atoms with Crippen LogP contribution in [-0.4, -0.2) is 14.9 Å². The minimum Gasteiger partial charge on any atom is -0.442 e. The third kappa shape index (κ3) is 2.14. The standard InChI is InChI=1S/C9H7N3O4/c1-6-10-4-7(15-6)2-3-8-11-5-9(16-8)12(13)14/h2-5H,1H3/b3-2+. The van der Waals surface area contributed by atoms with E-state index < -0.39 is 10.8 Å². The van der Waals surface area contributed by atoms with Crippen LogP contribution in [-0.2, 0) is 0 Å². The van der Waals surface area contributed by atoms with Crippen LogP contribution in [0.2, 0.25) is 0 Å². The first-order chi connectivity index (χ1) is 7.65. The fourth-order valence-corrected chi connectivity index (χ4v) is 1.05. The maximum atomic E-state index is 10.3. The van der Waals surface area contributed by atoms with Crippen LogP contribution in [0.25, 0.3) is 12.2 Å². The molecule has 0 unspecified atom stereocenters. The van der Waals surface area contributed by atoms with Gasteiger partial charge in [-0.05, 0) is 6.08 Å². The molecule has 0 aliphatic carbocycles. The molecule has 0 aliphatic heterocycles. The summed E-state index contributed by atoms with van der Waals surface area (Å²) in [4.78, 5) is 17.2. The highest BCUT2D eigenvalue weighted by Crippen LogP contribution is 2.14. The van der Waals surface area contributed by atoms with Crippen LogP contribution >= 0.6 is 0 Å².